The molecule has 0 atom stereocenters. The van der Waals surface area contributed by atoms with Gasteiger partial charge in [-0.1, -0.05) is 5.16 Å². The first-order valence-electron chi connectivity index (χ1n) is 5.28. The highest BCUT2D eigenvalue weighted by Gasteiger charge is 2.19. The third kappa shape index (κ3) is 3.37. The minimum absolute atomic E-state index is 0.381. The Morgan fingerprint density at radius 1 is 1.39 bits per heavy atom. The molecule has 0 unspecified atom stereocenters. The molecule has 0 saturated carbocycles. The summed E-state index contributed by atoms with van der Waals surface area (Å²) >= 11 is 6.76. The number of pyridine rings is 1. The van der Waals surface area contributed by atoms with Crippen LogP contribution < -0.4 is 5.73 Å². The van der Waals surface area contributed by atoms with E-state index in [1.165, 1.54) is 0 Å². The highest BCUT2D eigenvalue weighted by Crippen LogP contribution is 2.26. The number of hydrogen-bond donors (Lipinski definition) is 1. The summed E-state index contributed by atoms with van der Waals surface area (Å²) in [5.74, 6) is 0.961. The van der Waals surface area contributed by atoms with Crippen LogP contribution in [-0.2, 0) is 6.42 Å². The second kappa shape index (κ2) is 5.07. The fourth-order valence-electron chi connectivity index (χ4n) is 1.39. The maximum absolute atomic E-state index is 5.91. The van der Waals surface area contributed by atoms with Crippen molar-refractivity contribution < 1.29 is 4.52 Å². The first-order valence-corrected chi connectivity index (χ1v) is 6.87. The molecule has 0 radical (unpaired) electrons. The summed E-state index contributed by atoms with van der Waals surface area (Å²) in [7, 11) is 0. The maximum atomic E-state index is 5.91. The Morgan fingerprint density at radius 3 is 2.72 bits per heavy atom. The Hall–Kier alpha value is -0.790. The third-order valence-corrected chi connectivity index (χ3v) is 3.13. The van der Waals surface area contributed by atoms with Crippen LogP contribution in [0.2, 0.25) is 0 Å². The van der Waals surface area contributed by atoms with E-state index in [-0.39, 0.29) is 5.54 Å². The quantitative estimate of drug-likeness (QED) is 0.892. The van der Waals surface area contributed by atoms with E-state index in [9.17, 15) is 0 Å². The van der Waals surface area contributed by atoms with Crippen molar-refractivity contribution >= 4 is 31.9 Å². The lowest BCUT2D eigenvalue weighted by Crippen LogP contribution is -2.34. The van der Waals surface area contributed by atoms with Crippen LogP contribution in [0, 0.1) is 0 Å². The van der Waals surface area contributed by atoms with Gasteiger partial charge in [0.1, 0.15) is 5.69 Å². The highest BCUT2D eigenvalue weighted by atomic mass is 79.9. The highest BCUT2D eigenvalue weighted by molar-refractivity contribution is 9.11. The van der Waals surface area contributed by atoms with E-state index in [1.54, 1.807) is 6.20 Å². The molecule has 0 aliphatic heterocycles. The van der Waals surface area contributed by atoms with Crippen molar-refractivity contribution in [1.29, 1.82) is 0 Å². The van der Waals surface area contributed by atoms with Gasteiger partial charge in [-0.25, -0.2) is 0 Å². The van der Waals surface area contributed by atoms with Gasteiger partial charge in [-0.05, 0) is 51.8 Å². The zero-order chi connectivity index (χ0) is 13.3. The van der Waals surface area contributed by atoms with Crippen molar-refractivity contribution in [3.05, 3.63) is 27.1 Å². The van der Waals surface area contributed by atoms with E-state index in [0.717, 1.165) is 8.95 Å². The van der Waals surface area contributed by atoms with E-state index in [4.69, 9.17) is 10.3 Å². The lowest BCUT2D eigenvalue weighted by atomic mass is 10.0. The average Bonchev–Trinajstić information content (AvgIpc) is 2.63. The smallest absolute Gasteiger partial charge is 0.228 e. The van der Waals surface area contributed by atoms with Crippen molar-refractivity contribution in [2.75, 3.05) is 0 Å². The predicted octanol–water partition coefficient (Wildman–Crippen LogP) is 2.94. The maximum Gasteiger partial charge on any atom is 0.228 e. The van der Waals surface area contributed by atoms with Crippen LogP contribution in [0.15, 0.2) is 25.7 Å². The summed E-state index contributed by atoms with van der Waals surface area (Å²) in [5, 5.41) is 3.91. The molecule has 5 nitrogen and oxygen atoms in total. The van der Waals surface area contributed by atoms with Gasteiger partial charge in [-0.3, -0.25) is 4.98 Å². The number of halogens is 2. The van der Waals surface area contributed by atoms with Gasteiger partial charge >= 0.3 is 0 Å². The van der Waals surface area contributed by atoms with Crippen molar-refractivity contribution in [3.8, 4) is 11.5 Å². The number of nitrogens with zero attached hydrogens (tertiary/aromatic N) is 3. The standard InChI is InChI=1S/C11H12Br2N4O/c1-11(2,14)4-8-16-10(17-18-8)9-7(13)3-6(12)5-15-9/h3,5H,4,14H2,1-2H3. The fourth-order valence-corrected chi connectivity index (χ4v) is 2.56. The van der Waals surface area contributed by atoms with E-state index in [1.807, 2.05) is 19.9 Å². The van der Waals surface area contributed by atoms with Crippen molar-refractivity contribution in [2.45, 2.75) is 25.8 Å². The van der Waals surface area contributed by atoms with Gasteiger partial charge in [0.2, 0.25) is 11.7 Å². The summed E-state index contributed by atoms with van der Waals surface area (Å²) in [4.78, 5) is 8.54. The van der Waals surface area contributed by atoms with Gasteiger partial charge in [0.25, 0.3) is 0 Å². The van der Waals surface area contributed by atoms with E-state index in [0.29, 0.717) is 23.8 Å². The summed E-state index contributed by atoms with van der Waals surface area (Å²) in [6.45, 7) is 3.81. The first kappa shape index (κ1) is 13.6. The van der Waals surface area contributed by atoms with Crippen LogP contribution >= 0.6 is 31.9 Å². The van der Waals surface area contributed by atoms with Crippen LogP contribution in [0.5, 0.6) is 0 Å². The van der Waals surface area contributed by atoms with Gasteiger partial charge in [0.05, 0.1) is 0 Å². The van der Waals surface area contributed by atoms with Crippen molar-refractivity contribution in [3.63, 3.8) is 0 Å². The molecule has 0 amide bonds. The summed E-state index contributed by atoms with van der Waals surface area (Å²) in [6, 6.07) is 1.88. The van der Waals surface area contributed by atoms with Crippen LogP contribution in [0.3, 0.4) is 0 Å². The molecule has 2 aromatic heterocycles. The number of aromatic nitrogens is 3. The van der Waals surface area contributed by atoms with E-state index >= 15 is 0 Å². The predicted molar refractivity (Wildman–Crippen MR) is 74.9 cm³/mol. The summed E-state index contributed by atoms with van der Waals surface area (Å²) in [6.07, 6.45) is 2.21. The van der Waals surface area contributed by atoms with Crippen molar-refractivity contribution in [2.24, 2.45) is 5.73 Å². The largest absolute Gasteiger partial charge is 0.339 e. The molecular weight excluding hydrogens is 364 g/mol. The molecule has 0 bridgehead atoms. The Labute approximate surface area is 121 Å². The van der Waals surface area contributed by atoms with Gasteiger partial charge in [-0.15, -0.1) is 0 Å². The molecule has 2 aromatic rings. The molecule has 0 aromatic carbocycles. The monoisotopic (exact) mass is 374 g/mol. The second-order valence-corrected chi connectivity index (χ2v) is 6.43. The fraction of sp³-hybridized carbons (Fsp3) is 0.364. The minimum Gasteiger partial charge on any atom is -0.339 e. The topological polar surface area (TPSA) is 77.8 Å². The third-order valence-electron chi connectivity index (χ3n) is 2.09. The minimum atomic E-state index is -0.381. The molecule has 2 heterocycles. The number of nitrogens with two attached hydrogens (primary N) is 1. The van der Waals surface area contributed by atoms with Gasteiger partial charge in [0.15, 0.2) is 0 Å². The molecule has 18 heavy (non-hydrogen) atoms. The molecule has 0 fully saturated rings. The Balaban J connectivity index is 2.29. The van der Waals surface area contributed by atoms with Gasteiger partial charge < -0.3 is 10.3 Å². The van der Waals surface area contributed by atoms with Crippen LogP contribution in [-0.4, -0.2) is 20.7 Å². The molecule has 0 aliphatic rings. The van der Waals surface area contributed by atoms with E-state index < -0.39 is 0 Å². The lowest BCUT2D eigenvalue weighted by Gasteiger charge is -2.14. The normalized spacial score (nSPS) is 11.8. The van der Waals surface area contributed by atoms with Crippen LogP contribution in [0.25, 0.3) is 11.5 Å². The molecule has 2 rings (SSSR count). The van der Waals surface area contributed by atoms with Gasteiger partial charge in [-0.2, -0.15) is 4.98 Å². The molecule has 2 N–H and O–H groups in total. The number of hydrogen-bond acceptors (Lipinski definition) is 5. The SMILES string of the molecule is CC(C)(N)Cc1nc(-c2ncc(Br)cc2Br)no1. The van der Waals surface area contributed by atoms with Crippen LogP contribution in [0.4, 0.5) is 0 Å². The molecule has 0 spiro atoms. The number of rotatable bonds is 3. The lowest BCUT2D eigenvalue weighted by molar-refractivity contribution is 0.348. The second-order valence-electron chi connectivity index (χ2n) is 4.66. The van der Waals surface area contributed by atoms with Gasteiger partial charge in [0, 0.05) is 27.1 Å². The van der Waals surface area contributed by atoms with Crippen molar-refractivity contribution in [1.82, 2.24) is 15.1 Å². The average molecular weight is 376 g/mol. The molecule has 7 heteroatoms. The Bertz CT molecular complexity index is 562. The molecule has 0 saturated heterocycles. The zero-order valence-electron chi connectivity index (χ0n) is 9.94. The van der Waals surface area contributed by atoms with Crippen LogP contribution in [0.1, 0.15) is 19.7 Å². The summed E-state index contributed by atoms with van der Waals surface area (Å²) < 4.78 is 6.85. The molecule has 0 aliphatic carbocycles. The zero-order valence-corrected chi connectivity index (χ0v) is 13.1. The molecular formula is C11H12Br2N4O. The first-order chi connectivity index (χ1) is 8.35. The summed E-state index contributed by atoms with van der Waals surface area (Å²) in [5.41, 5.74) is 6.17. The Morgan fingerprint density at radius 2 is 2.11 bits per heavy atom. The Kier molecular flexibility index (Phi) is 3.84. The molecule has 96 valence electrons. The van der Waals surface area contributed by atoms with E-state index in [2.05, 4.69) is 47.0 Å².